The maximum Gasteiger partial charge on any atom is 0.0207 e. The number of benzene rings is 1. The Kier molecular flexibility index (Phi) is 5.95. The molecule has 0 fully saturated rings. The molecule has 0 saturated heterocycles. The molecule has 0 aliphatic carbocycles. The summed E-state index contributed by atoms with van der Waals surface area (Å²) >= 11 is 3.72. The number of thioether (sulfide) groups is 1. The van der Waals surface area contributed by atoms with Gasteiger partial charge in [-0.15, -0.1) is 11.8 Å². The van der Waals surface area contributed by atoms with E-state index >= 15 is 0 Å². The third kappa shape index (κ3) is 5.39. The van der Waals surface area contributed by atoms with Gasteiger partial charge in [-0.1, -0.05) is 26.0 Å². The van der Waals surface area contributed by atoms with Gasteiger partial charge in [-0.3, -0.25) is 0 Å². The third-order valence-electron chi connectivity index (χ3n) is 2.88. The highest BCUT2D eigenvalue weighted by molar-refractivity contribution is 7.99. The Morgan fingerprint density at radius 3 is 2.53 bits per heavy atom. The van der Waals surface area contributed by atoms with Crippen molar-refractivity contribution in [3.63, 3.8) is 0 Å². The zero-order chi connectivity index (χ0) is 13.5. The maximum atomic E-state index is 3.44. The molecule has 0 aliphatic rings. The van der Waals surface area contributed by atoms with Gasteiger partial charge in [0.25, 0.3) is 0 Å². The van der Waals surface area contributed by atoms with E-state index < -0.39 is 0 Å². The summed E-state index contributed by atoms with van der Waals surface area (Å²) in [5.74, 6) is 1.15. The first-order valence-electron chi connectivity index (χ1n) is 6.70. The van der Waals surface area contributed by atoms with Gasteiger partial charge in [-0.05, 0) is 46.5 Å². The van der Waals surface area contributed by atoms with E-state index in [4.69, 9.17) is 0 Å². The molecule has 1 aromatic heterocycles. The van der Waals surface area contributed by atoms with Crippen LogP contribution in [-0.2, 0) is 13.0 Å². The molecule has 1 aromatic carbocycles. The van der Waals surface area contributed by atoms with Crippen molar-refractivity contribution in [2.75, 3.05) is 5.75 Å². The van der Waals surface area contributed by atoms with Gasteiger partial charge in [0.05, 0.1) is 0 Å². The molecule has 2 aromatic rings. The molecule has 1 N–H and O–H groups in total. The number of nitrogens with one attached hydrogen (secondary N) is 1. The Morgan fingerprint density at radius 2 is 1.89 bits per heavy atom. The molecule has 0 saturated carbocycles. The Morgan fingerprint density at radius 1 is 1.11 bits per heavy atom. The number of thiophene rings is 1. The predicted molar refractivity (Wildman–Crippen MR) is 87.2 cm³/mol. The molecule has 3 heteroatoms. The highest BCUT2D eigenvalue weighted by Crippen LogP contribution is 2.20. The van der Waals surface area contributed by atoms with Gasteiger partial charge < -0.3 is 5.32 Å². The summed E-state index contributed by atoms with van der Waals surface area (Å²) in [7, 11) is 0. The molecule has 2 rings (SSSR count). The summed E-state index contributed by atoms with van der Waals surface area (Å²) in [5.41, 5.74) is 2.81. The second-order valence-corrected chi connectivity index (χ2v) is 6.86. The molecule has 0 unspecified atom stereocenters. The highest BCUT2D eigenvalue weighted by Gasteiger charge is 1.98. The fourth-order valence-electron chi connectivity index (χ4n) is 1.75. The summed E-state index contributed by atoms with van der Waals surface area (Å²) in [6.07, 6.45) is 1.16. The van der Waals surface area contributed by atoms with Crippen LogP contribution in [0.4, 0.5) is 0 Å². The van der Waals surface area contributed by atoms with Crippen LogP contribution < -0.4 is 5.32 Å². The van der Waals surface area contributed by atoms with E-state index in [0.29, 0.717) is 6.04 Å². The van der Waals surface area contributed by atoms with Crippen LogP contribution in [0.15, 0.2) is 46.0 Å². The molecular weight excluding hydrogens is 270 g/mol. The van der Waals surface area contributed by atoms with Gasteiger partial charge in [0, 0.05) is 23.2 Å². The Labute approximate surface area is 124 Å². The molecule has 0 aliphatic heterocycles. The molecule has 102 valence electrons. The zero-order valence-electron chi connectivity index (χ0n) is 11.6. The van der Waals surface area contributed by atoms with Crippen LogP contribution >= 0.6 is 23.1 Å². The van der Waals surface area contributed by atoms with E-state index in [1.807, 2.05) is 11.8 Å². The molecule has 0 atom stereocenters. The third-order valence-corrected chi connectivity index (χ3v) is 4.62. The Bertz CT molecular complexity index is 460. The van der Waals surface area contributed by atoms with Crippen molar-refractivity contribution in [1.82, 2.24) is 5.32 Å². The molecule has 19 heavy (non-hydrogen) atoms. The summed E-state index contributed by atoms with van der Waals surface area (Å²) in [6, 6.07) is 11.7. The predicted octanol–water partition coefficient (Wildman–Crippen LogP) is 4.58. The van der Waals surface area contributed by atoms with Gasteiger partial charge in [-0.2, -0.15) is 11.3 Å². The molecular formula is C16H21NS2. The first-order chi connectivity index (χ1) is 9.24. The van der Waals surface area contributed by atoms with Gasteiger partial charge in [-0.25, -0.2) is 0 Å². The molecule has 0 amide bonds. The average molecular weight is 291 g/mol. The van der Waals surface area contributed by atoms with Crippen LogP contribution in [-0.4, -0.2) is 11.8 Å². The monoisotopic (exact) mass is 291 g/mol. The second kappa shape index (κ2) is 7.73. The fraction of sp³-hybridized carbons (Fsp3) is 0.375. The summed E-state index contributed by atoms with van der Waals surface area (Å²) in [6.45, 7) is 5.31. The lowest BCUT2D eigenvalue weighted by atomic mass is 10.2. The summed E-state index contributed by atoms with van der Waals surface area (Å²) in [5, 5.41) is 7.82. The first kappa shape index (κ1) is 14.6. The van der Waals surface area contributed by atoms with E-state index in [-0.39, 0.29) is 0 Å². The van der Waals surface area contributed by atoms with Gasteiger partial charge in [0.2, 0.25) is 0 Å². The quantitative estimate of drug-likeness (QED) is 0.749. The van der Waals surface area contributed by atoms with E-state index in [2.05, 4.69) is 60.3 Å². The van der Waals surface area contributed by atoms with Crippen LogP contribution in [0.1, 0.15) is 25.0 Å². The van der Waals surface area contributed by atoms with Crippen molar-refractivity contribution >= 4 is 23.1 Å². The van der Waals surface area contributed by atoms with Crippen LogP contribution in [0.25, 0.3) is 0 Å². The lowest BCUT2D eigenvalue weighted by Crippen LogP contribution is -2.21. The largest absolute Gasteiger partial charge is 0.310 e. The fourth-order valence-corrected chi connectivity index (χ4v) is 3.35. The van der Waals surface area contributed by atoms with Crippen molar-refractivity contribution in [2.45, 2.75) is 37.8 Å². The van der Waals surface area contributed by atoms with Gasteiger partial charge in [0.1, 0.15) is 0 Å². The topological polar surface area (TPSA) is 12.0 Å². The first-order valence-corrected chi connectivity index (χ1v) is 8.63. The number of rotatable bonds is 7. The molecule has 0 radical (unpaired) electrons. The molecule has 1 nitrogen and oxygen atoms in total. The number of hydrogen-bond acceptors (Lipinski definition) is 3. The van der Waals surface area contributed by atoms with Crippen molar-refractivity contribution < 1.29 is 0 Å². The zero-order valence-corrected chi connectivity index (χ0v) is 13.2. The SMILES string of the molecule is CC(C)NCc1ccc(SCCc2ccsc2)cc1. The van der Waals surface area contributed by atoms with Crippen molar-refractivity contribution in [3.8, 4) is 0 Å². The number of hydrogen-bond donors (Lipinski definition) is 1. The standard InChI is InChI=1S/C16H21NS2/c1-13(2)17-11-14-3-5-16(6-4-14)19-10-8-15-7-9-18-12-15/h3-7,9,12-13,17H,8,10-11H2,1-2H3. The van der Waals surface area contributed by atoms with E-state index in [9.17, 15) is 0 Å². The summed E-state index contributed by atoms with van der Waals surface area (Å²) in [4.78, 5) is 1.36. The lowest BCUT2D eigenvalue weighted by molar-refractivity contribution is 0.588. The molecule has 0 spiro atoms. The highest BCUT2D eigenvalue weighted by atomic mass is 32.2. The van der Waals surface area contributed by atoms with Crippen molar-refractivity contribution in [2.24, 2.45) is 0 Å². The minimum absolute atomic E-state index is 0.541. The number of aryl methyl sites for hydroxylation is 1. The summed E-state index contributed by atoms with van der Waals surface area (Å²) < 4.78 is 0. The Hall–Kier alpha value is -0.770. The van der Waals surface area contributed by atoms with Crippen LogP contribution in [0.5, 0.6) is 0 Å². The lowest BCUT2D eigenvalue weighted by Gasteiger charge is -2.08. The molecule has 0 bridgehead atoms. The smallest absolute Gasteiger partial charge is 0.0207 e. The van der Waals surface area contributed by atoms with Crippen molar-refractivity contribution in [3.05, 3.63) is 52.2 Å². The van der Waals surface area contributed by atoms with Gasteiger partial charge >= 0.3 is 0 Å². The van der Waals surface area contributed by atoms with E-state index in [1.54, 1.807) is 11.3 Å². The van der Waals surface area contributed by atoms with Crippen molar-refractivity contribution in [1.29, 1.82) is 0 Å². The molecule has 1 heterocycles. The average Bonchev–Trinajstić information content (AvgIpc) is 2.91. The second-order valence-electron chi connectivity index (χ2n) is 4.91. The van der Waals surface area contributed by atoms with Gasteiger partial charge in [0.15, 0.2) is 0 Å². The maximum absolute atomic E-state index is 3.44. The Balaban J connectivity index is 1.75. The minimum Gasteiger partial charge on any atom is -0.310 e. The van der Waals surface area contributed by atoms with Crippen LogP contribution in [0.2, 0.25) is 0 Å². The minimum atomic E-state index is 0.541. The van der Waals surface area contributed by atoms with E-state index in [1.165, 1.54) is 16.0 Å². The normalized spacial score (nSPS) is 11.1. The van der Waals surface area contributed by atoms with E-state index in [0.717, 1.165) is 18.7 Å². The van der Waals surface area contributed by atoms with Crippen LogP contribution in [0.3, 0.4) is 0 Å². The van der Waals surface area contributed by atoms with Crippen LogP contribution in [0, 0.1) is 0 Å².